The molecule has 0 aliphatic heterocycles. The largest absolute Gasteiger partial charge is 0.389 e. The molecule has 0 heterocycles. The second kappa shape index (κ2) is 6.72. The van der Waals surface area contributed by atoms with Gasteiger partial charge in [0, 0.05) is 12.4 Å². The summed E-state index contributed by atoms with van der Waals surface area (Å²) in [5.41, 5.74) is -0.388. The lowest BCUT2D eigenvalue weighted by Gasteiger charge is -2.28. The summed E-state index contributed by atoms with van der Waals surface area (Å²) in [6, 6.07) is 0. The van der Waals surface area contributed by atoms with Crippen LogP contribution in [-0.4, -0.2) is 41.6 Å². The van der Waals surface area contributed by atoms with Crippen LogP contribution >= 0.6 is 11.6 Å². The van der Waals surface area contributed by atoms with Crippen LogP contribution in [0.3, 0.4) is 0 Å². The van der Waals surface area contributed by atoms with E-state index < -0.39 is 0 Å². The minimum Gasteiger partial charge on any atom is -0.389 e. The standard InChI is InChI=1S/C12H24ClNO/c1-14(10-6-2-5-9-13)11-12(15)7-3-4-8-12/h15H,2-11H2,1H3. The van der Waals surface area contributed by atoms with Crippen molar-refractivity contribution in [1.82, 2.24) is 4.90 Å². The quantitative estimate of drug-likeness (QED) is 0.540. The van der Waals surface area contributed by atoms with Crippen molar-refractivity contribution in [2.75, 3.05) is 26.0 Å². The van der Waals surface area contributed by atoms with Gasteiger partial charge in [0.2, 0.25) is 0 Å². The third kappa shape index (κ3) is 5.19. The van der Waals surface area contributed by atoms with Crippen molar-refractivity contribution < 1.29 is 5.11 Å². The molecule has 0 saturated heterocycles. The second-order valence-corrected chi connectivity index (χ2v) is 5.30. The first-order valence-electron chi connectivity index (χ1n) is 6.13. The molecule has 0 amide bonds. The second-order valence-electron chi connectivity index (χ2n) is 4.92. The zero-order valence-corrected chi connectivity index (χ0v) is 10.6. The molecule has 1 aliphatic carbocycles. The van der Waals surface area contributed by atoms with E-state index in [1.807, 2.05) is 0 Å². The smallest absolute Gasteiger partial charge is 0.0774 e. The topological polar surface area (TPSA) is 23.5 Å². The maximum atomic E-state index is 10.2. The minimum atomic E-state index is -0.388. The van der Waals surface area contributed by atoms with E-state index in [-0.39, 0.29) is 5.60 Å². The van der Waals surface area contributed by atoms with Crippen molar-refractivity contribution in [2.24, 2.45) is 0 Å². The fourth-order valence-corrected chi connectivity index (χ4v) is 2.61. The molecule has 1 aliphatic rings. The van der Waals surface area contributed by atoms with Crippen LogP contribution < -0.4 is 0 Å². The summed E-state index contributed by atoms with van der Waals surface area (Å²) < 4.78 is 0. The minimum absolute atomic E-state index is 0.388. The first kappa shape index (κ1) is 13.3. The highest BCUT2D eigenvalue weighted by Gasteiger charge is 2.31. The molecule has 0 aromatic rings. The maximum Gasteiger partial charge on any atom is 0.0774 e. The lowest BCUT2D eigenvalue weighted by molar-refractivity contribution is 0.0161. The van der Waals surface area contributed by atoms with E-state index in [1.54, 1.807) is 0 Å². The third-order valence-electron chi connectivity index (χ3n) is 3.27. The predicted molar refractivity (Wildman–Crippen MR) is 65.5 cm³/mol. The molecule has 3 heteroatoms. The van der Waals surface area contributed by atoms with Crippen LogP contribution in [0.5, 0.6) is 0 Å². The molecule has 2 nitrogen and oxygen atoms in total. The molecule has 1 N–H and O–H groups in total. The molecule has 0 spiro atoms. The molecular formula is C12H24ClNO. The van der Waals surface area contributed by atoms with Crippen LogP contribution in [0, 0.1) is 0 Å². The fraction of sp³-hybridized carbons (Fsp3) is 1.00. The normalized spacial score (nSPS) is 20.0. The van der Waals surface area contributed by atoms with Crippen LogP contribution in [0.4, 0.5) is 0 Å². The van der Waals surface area contributed by atoms with Crippen molar-refractivity contribution in [3.05, 3.63) is 0 Å². The molecule has 0 bridgehead atoms. The van der Waals surface area contributed by atoms with Gasteiger partial charge in [-0.1, -0.05) is 19.3 Å². The number of hydrogen-bond acceptors (Lipinski definition) is 2. The summed E-state index contributed by atoms with van der Waals surface area (Å²) in [5, 5.41) is 10.2. The Morgan fingerprint density at radius 2 is 1.87 bits per heavy atom. The van der Waals surface area contributed by atoms with E-state index in [0.717, 1.165) is 38.2 Å². The Morgan fingerprint density at radius 1 is 1.20 bits per heavy atom. The summed E-state index contributed by atoms with van der Waals surface area (Å²) in [7, 11) is 2.11. The molecule has 0 unspecified atom stereocenters. The van der Waals surface area contributed by atoms with E-state index >= 15 is 0 Å². The van der Waals surface area contributed by atoms with E-state index in [2.05, 4.69) is 11.9 Å². The number of nitrogens with zero attached hydrogens (tertiary/aromatic N) is 1. The lowest BCUT2D eigenvalue weighted by atomic mass is 10.0. The van der Waals surface area contributed by atoms with Crippen molar-refractivity contribution in [3.8, 4) is 0 Å². The Hall–Kier alpha value is 0.210. The molecule has 90 valence electrons. The average molecular weight is 234 g/mol. The summed E-state index contributed by atoms with van der Waals surface area (Å²) in [6.45, 7) is 1.92. The zero-order chi connectivity index (χ0) is 11.1. The summed E-state index contributed by atoms with van der Waals surface area (Å²) in [5.74, 6) is 0.771. The van der Waals surface area contributed by atoms with E-state index in [1.165, 1.54) is 25.7 Å². The van der Waals surface area contributed by atoms with Gasteiger partial charge in [0.25, 0.3) is 0 Å². The predicted octanol–water partition coefficient (Wildman–Crippen LogP) is 2.63. The monoisotopic (exact) mass is 233 g/mol. The molecule has 0 aromatic heterocycles. The van der Waals surface area contributed by atoms with E-state index in [0.29, 0.717) is 0 Å². The number of aliphatic hydroxyl groups is 1. The van der Waals surface area contributed by atoms with Gasteiger partial charge in [-0.15, -0.1) is 11.6 Å². The summed E-state index contributed by atoms with van der Waals surface area (Å²) in [6.07, 6.45) is 7.86. The molecule has 1 rings (SSSR count). The van der Waals surface area contributed by atoms with Crippen molar-refractivity contribution in [1.29, 1.82) is 0 Å². The number of halogens is 1. The number of unbranched alkanes of at least 4 members (excludes halogenated alkanes) is 2. The van der Waals surface area contributed by atoms with E-state index in [4.69, 9.17) is 11.6 Å². The van der Waals surface area contributed by atoms with Crippen LogP contribution in [0.15, 0.2) is 0 Å². The SMILES string of the molecule is CN(CCCCCCl)CC1(O)CCCC1. The van der Waals surface area contributed by atoms with Gasteiger partial charge in [0.05, 0.1) is 5.60 Å². The van der Waals surface area contributed by atoms with Crippen molar-refractivity contribution >= 4 is 11.6 Å². The molecular weight excluding hydrogens is 210 g/mol. The van der Waals surface area contributed by atoms with Gasteiger partial charge in [-0.05, 0) is 39.3 Å². The molecule has 0 atom stereocenters. The lowest BCUT2D eigenvalue weighted by Crippen LogP contribution is -2.39. The first-order chi connectivity index (χ1) is 7.16. The van der Waals surface area contributed by atoms with Crippen LogP contribution in [0.25, 0.3) is 0 Å². The molecule has 0 radical (unpaired) electrons. The van der Waals surface area contributed by atoms with Gasteiger partial charge in [-0.25, -0.2) is 0 Å². The van der Waals surface area contributed by atoms with Gasteiger partial charge < -0.3 is 10.0 Å². The third-order valence-corrected chi connectivity index (χ3v) is 3.54. The highest BCUT2D eigenvalue weighted by molar-refractivity contribution is 6.17. The van der Waals surface area contributed by atoms with Crippen molar-refractivity contribution in [3.63, 3.8) is 0 Å². The molecule has 1 saturated carbocycles. The Balaban J connectivity index is 2.09. The van der Waals surface area contributed by atoms with Gasteiger partial charge in [-0.2, -0.15) is 0 Å². The van der Waals surface area contributed by atoms with Crippen LogP contribution in [0.2, 0.25) is 0 Å². The number of rotatable bonds is 7. The first-order valence-corrected chi connectivity index (χ1v) is 6.67. The highest BCUT2D eigenvalue weighted by Crippen LogP contribution is 2.29. The van der Waals surface area contributed by atoms with Gasteiger partial charge in [0.15, 0.2) is 0 Å². The maximum absolute atomic E-state index is 10.2. The summed E-state index contributed by atoms with van der Waals surface area (Å²) in [4.78, 5) is 2.26. The van der Waals surface area contributed by atoms with Gasteiger partial charge in [0.1, 0.15) is 0 Å². The number of alkyl halides is 1. The van der Waals surface area contributed by atoms with Crippen LogP contribution in [0.1, 0.15) is 44.9 Å². The Bertz CT molecular complexity index is 169. The highest BCUT2D eigenvalue weighted by atomic mass is 35.5. The summed E-state index contributed by atoms with van der Waals surface area (Å²) >= 11 is 5.62. The number of likely N-dealkylation sites (N-methyl/N-ethyl adjacent to an activating group) is 1. The Morgan fingerprint density at radius 3 is 2.47 bits per heavy atom. The molecule has 1 fully saturated rings. The average Bonchev–Trinajstić information content (AvgIpc) is 2.59. The number of hydrogen-bond donors (Lipinski definition) is 1. The van der Waals surface area contributed by atoms with E-state index in [9.17, 15) is 5.11 Å². The van der Waals surface area contributed by atoms with Gasteiger partial charge in [-0.3, -0.25) is 0 Å². The Labute approximate surface area is 98.6 Å². The van der Waals surface area contributed by atoms with Gasteiger partial charge >= 0.3 is 0 Å². The van der Waals surface area contributed by atoms with Crippen LogP contribution in [-0.2, 0) is 0 Å². The molecule has 15 heavy (non-hydrogen) atoms. The fourth-order valence-electron chi connectivity index (χ4n) is 2.43. The zero-order valence-electron chi connectivity index (χ0n) is 9.84. The van der Waals surface area contributed by atoms with Crippen molar-refractivity contribution in [2.45, 2.75) is 50.5 Å². The molecule has 0 aromatic carbocycles. The Kier molecular flexibility index (Phi) is 5.95.